The van der Waals surface area contributed by atoms with Gasteiger partial charge in [-0.1, -0.05) is 23.2 Å². The van der Waals surface area contributed by atoms with E-state index in [9.17, 15) is 22.4 Å². The summed E-state index contributed by atoms with van der Waals surface area (Å²) in [4.78, 5) is 13.7. The third-order valence-electron chi connectivity index (χ3n) is 3.33. The van der Waals surface area contributed by atoms with E-state index in [0.717, 1.165) is 24.3 Å². The van der Waals surface area contributed by atoms with E-state index in [1.807, 2.05) is 0 Å². The van der Waals surface area contributed by atoms with Crippen LogP contribution in [0.25, 0.3) is 0 Å². The number of rotatable bonds is 3. The number of nitrogens with zero attached hydrogens (tertiary/aromatic N) is 1. The first-order chi connectivity index (χ1) is 11.5. The van der Waals surface area contributed by atoms with Crippen LogP contribution in [-0.4, -0.2) is 20.0 Å². The number of benzene rings is 2. The predicted octanol–water partition coefficient (Wildman–Crippen LogP) is 5.47. The van der Waals surface area contributed by atoms with E-state index in [2.05, 4.69) is 5.32 Å². The highest BCUT2D eigenvalue weighted by Gasteiger charge is 2.34. The topological polar surface area (TPSA) is 32.3 Å². The number of alkyl halides is 3. The number of hydrogen-bond donors (Lipinski definition) is 1. The Labute approximate surface area is 151 Å². The summed E-state index contributed by atoms with van der Waals surface area (Å²) in [5.74, 6) is -1.89. The van der Waals surface area contributed by atoms with Gasteiger partial charge in [0, 0.05) is 19.8 Å². The van der Waals surface area contributed by atoms with E-state index in [-0.39, 0.29) is 15.6 Å². The van der Waals surface area contributed by atoms with Gasteiger partial charge in [0.25, 0.3) is 5.91 Å². The van der Waals surface area contributed by atoms with Crippen molar-refractivity contribution in [2.45, 2.75) is 6.18 Å². The minimum absolute atomic E-state index is 0.178. The van der Waals surface area contributed by atoms with Gasteiger partial charge in [-0.3, -0.25) is 4.79 Å². The zero-order valence-electron chi connectivity index (χ0n) is 13.0. The second-order valence-electron chi connectivity index (χ2n) is 5.32. The third kappa shape index (κ3) is 4.35. The molecule has 0 atom stereocenters. The summed E-state index contributed by atoms with van der Waals surface area (Å²) in [6.07, 6.45) is -4.69. The summed E-state index contributed by atoms with van der Waals surface area (Å²) < 4.78 is 53.3. The van der Waals surface area contributed by atoms with Gasteiger partial charge in [0.15, 0.2) is 0 Å². The van der Waals surface area contributed by atoms with Crippen LogP contribution in [0.4, 0.5) is 28.9 Å². The Morgan fingerprint density at radius 1 is 1.08 bits per heavy atom. The Morgan fingerprint density at radius 3 is 2.28 bits per heavy atom. The Balaban J connectivity index is 2.43. The number of nitrogens with one attached hydrogen (secondary N) is 1. The number of hydrogen-bond acceptors (Lipinski definition) is 2. The average molecular weight is 395 g/mol. The molecule has 0 radical (unpaired) electrons. The molecular formula is C16H12Cl2F4N2O. The first kappa shape index (κ1) is 19.3. The molecule has 0 unspecified atom stereocenters. The Bertz CT molecular complexity index is 823. The molecule has 0 aliphatic carbocycles. The van der Waals surface area contributed by atoms with Gasteiger partial charge in [0.1, 0.15) is 5.82 Å². The summed E-state index contributed by atoms with van der Waals surface area (Å²) >= 11 is 11.4. The van der Waals surface area contributed by atoms with Crippen molar-refractivity contribution >= 4 is 40.5 Å². The molecule has 0 heterocycles. The molecule has 2 aromatic rings. The van der Waals surface area contributed by atoms with E-state index >= 15 is 0 Å². The Hall–Kier alpha value is -1.99. The maximum Gasteiger partial charge on any atom is 0.418 e. The smallest absolute Gasteiger partial charge is 0.378 e. The quantitative estimate of drug-likeness (QED) is 0.552. The summed E-state index contributed by atoms with van der Waals surface area (Å²) in [5, 5.41) is 1.64. The van der Waals surface area contributed by atoms with Crippen LogP contribution in [0.5, 0.6) is 0 Å². The lowest BCUT2D eigenvalue weighted by atomic mass is 10.1. The van der Waals surface area contributed by atoms with Crippen LogP contribution in [-0.2, 0) is 6.18 Å². The molecule has 0 aliphatic rings. The molecule has 3 nitrogen and oxygen atoms in total. The first-order valence-electron chi connectivity index (χ1n) is 6.85. The summed E-state index contributed by atoms with van der Waals surface area (Å²) in [6.45, 7) is 0. The van der Waals surface area contributed by atoms with Crippen LogP contribution in [0.2, 0.25) is 10.0 Å². The highest BCUT2D eigenvalue weighted by Crippen LogP contribution is 2.37. The minimum atomic E-state index is -4.69. The molecule has 0 aliphatic heterocycles. The fourth-order valence-electron chi connectivity index (χ4n) is 2.04. The van der Waals surface area contributed by atoms with E-state index in [1.165, 1.54) is 11.0 Å². The summed E-state index contributed by atoms with van der Waals surface area (Å²) in [6, 6.07) is 5.21. The van der Waals surface area contributed by atoms with Crippen LogP contribution >= 0.6 is 23.2 Å². The van der Waals surface area contributed by atoms with Gasteiger partial charge in [-0.05, 0) is 30.3 Å². The van der Waals surface area contributed by atoms with E-state index in [1.54, 1.807) is 14.1 Å². The normalized spacial score (nSPS) is 11.4. The van der Waals surface area contributed by atoms with Gasteiger partial charge in [-0.25, -0.2) is 4.39 Å². The zero-order valence-corrected chi connectivity index (χ0v) is 14.5. The zero-order chi connectivity index (χ0) is 18.9. The highest BCUT2D eigenvalue weighted by atomic mass is 35.5. The molecule has 25 heavy (non-hydrogen) atoms. The van der Waals surface area contributed by atoms with Gasteiger partial charge in [0.2, 0.25) is 0 Å². The average Bonchev–Trinajstić information content (AvgIpc) is 2.49. The molecule has 0 spiro atoms. The van der Waals surface area contributed by atoms with Crippen molar-refractivity contribution < 1.29 is 22.4 Å². The summed E-state index contributed by atoms with van der Waals surface area (Å²) in [7, 11) is 3.17. The minimum Gasteiger partial charge on any atom is -0.378 e. The monoisotopic (exact) mass is 394 g/mol. The van der Waals surface area contributed by atoms with Crippen molar-refractivity contribution in [1.29, 1.82) is 0 Å². The molecule has 0 fully saturated rings. The lowest BCUT2D eigenvalue weighted by Crippen LogP contribution is -2.18. The van der Waals surface area contributed by atoms with Crippen molar-refractivity contribution in [1.82, 2.24) is 0 Å². The Morgan fingerprint density at radius 2 is 1.72 bits per heavy atom. The summed E-state index contributed by atoms with van der Waals surface area (Å²) in [5.41, 5.74) is -1.51. The first-order valence-corrected chi connectivity index (χ1v) is 7.60. The van der Waals surface area contributed by atoms with Crippen molar-refractivity contribution in [3.63, 3.8) is 0 Å². The molecule has 0 bridgehead atoms. The largest absolute Gasteiger partial charge is 0.418 e. The van der Waals surface area contributed by atoms with Crippen LogP contribution in [0.15, 0.2) is 30.3 Å². The van der Waals surface area contributed by atoms with E-state index < -0.39 is 29.2 Å². The molecule has 0 saturated heterocycles. The number of anilines is 2. The molecular weight excluding hydrogens is 383 g/mol. The third-order valence-corrected chi connectivity index (χ3v) is 3.93. The van der Waals surface area contributed by atoms with Crippen LogP contribution in [0.1, 0.15) is 15.9 Å². The van der Waals surface area contributed by atoms with Crippen molar-refractivity contribution in [2.75, 3.05) is 24.3 Å². The van der Waals surface area contributed by atoms with Crippen LogP contribution < -0.4 is 10.2 Å². The second-order valence-corrected chi connectivity index (χ2v) is 6.14. The number of amides is 1. The standard InChI is InChI=1S/C16H12Cl2F4N2O/c1-24(2)8-3-4-14(10(5-8)16(20,21)22)23-15(25)9-6-13(19)12(18)7-11(9)17/h3-7H,1-2H3,(H,23,25). The van der Waals surface area contributed by atoms with E-state index in [4.69, 9.17) is 23.2 Å². The lowest BCUT2D eigenvalue weighted by molar-refractivity contribution is -0.136. The van der Waals surface area contributed by atoms with Crippen LogP contribution in [0.3, 0.4) is 0 Å². The van der Waals surface area contributed by atoms with Gasteiger partial charge in [-0.2, -0.15) is 13.2 Å². The Kier molecular flexibility index (Phi) is 5.49. The fourth-order valence-corrected chi connectivity index (χ4v) is 2.51. The van der Waals surface area contributed by atoms with E-state index in [0.29, 0.717) is 5.69 Å². The SMILES string of the molecule is CN(C)c1ccc(NC(=O)c2cc(F)c(Cl)cc2Cl)c(C(F)(F)F)c1. The maximum atomic E-state index is 13.5. The predicted molar refractivity (Wildman–Crippen MR) is 90.1 cm³/mol. The van der Waals surface area contributed by atoms with Crippen molar-refractivity contribution in [2.24, 2.45) is 0 Å². The molecule has 0 saturated carbocycles. The van der Waals surface area contributed by atoms with Crippen molar-refractivity contribution in [3.8, 4) is 0 Å². The number of halogens is 6. The fraction of sp³-hybridized carbons (Fsp3) is 0.188. The van der Waals surface area contributed by atoms with Gasteiger partial charge >= 0.3 is 6.18 Å². The second kappa shape index (κ2) is 7.09. The highest BCUT2D eigenvalue weighted by molar-refractivity contribution is 6.37. The molecule has 134 valence electrons. The molecule has 1 amide bonds. The molecule has 2 aromatic carbocycles. The molecule has 2 rings (SSSR count). The maximum absolute atomic E-state index is 13.5. The molecule has 1 N–H and O–H groups in total. The molecule has 9 heteroatoms. The van der Waals surface area contributed by atoms with Crippen molar-refractivity contribution in [3.05, 3.63) is 57.3 Å². The lowest BCUT2D eigenvalue weighted by Gasteiger charge is -2.19. The number of carbonyl (C=O) groups is 1. The van der Waals surface area contributed by atoms with Gasteiger partial charge < -0.3 is 10.2 Å². The van der Waals surface area contributed by atoms with Gasteiger partial charge in [0.05, 0.1) is 26.9 Å². The number of carbonyl (C=O) groups excluding carboxylic acids is 1. The van der Waals surface area contributed by atoms with Crippen LogP contribution in [0, 0.1) is 5.82 Å². The van der Waals surface area contributed by atoms with Gasteiger partial charge in [-0.15, -0.1) is 0 Å². The molecule has 0 aromatic heterocycles.